The average molecular weight is 294 g/mol. The first kappa shape index (κ1) is 17.0. The summed E-state index contributed by atoms with van der Waals surface area (Å²) in [7, 11) is 0. The standard InChI is InChI=1S/2C3H7.2BrH.Ti/c2*1-3-2;;;/h2*1,3H2,2H3;2*1H;/q2*-1;;;+2/p-2. The minimum Gasteiger partial charge on any atom is -0.344 e. The van der Waals surface area contributed by atoms with Crippen LogP contribution >= 0.6 is 26.3 Å². The molecule has 0 spiro atoms. The second kappa shape index (κ2) is 33.3. The van der Waals surface area contributed by atoms with Crippen LogP contribution < -0.4 is 0 Å². The fourth-order valence-electron chi connectivity index (χ4n) is 0. The van der Waals surface area contributed by atoms with Gasteiger partial charge in [0.1, 0.15) is 0 Å². The Kier molecular flexibility index (Phi) is 62.8. The van der Waals surface area contributed by atoms with Crippen molar-refractivity contribution in [3.05, 3.63) is 13.8 Å². The van der Waals surface area contributed by atoms with Gasteiger partial charge in [0.05, 0.1) is 0 Å². The van der Waals surface area contributed by atoms with E-state index in [-0.39, 0.29) is 15.0 Å². The summed E-state index contributed by atoms with van der Waals surface area (Å²) >= 11 is 6.50. The first-order valence-electron chi connectivity index (χ1n) is 2.79. The molecule has 0 nitrogen and oxygen atoms in total. The quantitative estimate of drug-likeness (QED) is 0.465. The van der Waals surface area contributed by atoms with Gasteiger partial charge in [0.15, 0.2) is 0 Å². The third-order valence-electron chi connectivity index (χ3n) is 0. The van der Waals surface area contributed by atoms with Gasteiger partial charge in [-0.25, -0.2) is 0 Å². The third-order valence-corrected chi connectivity index (χ3v) is 0. The van der Waals surface area contributed by atoms with Crippen LogP contribution in [-0.2, 0) is 15.0 Å². The second-order valence-corrected chi connectivity index (χ2v) is 8.95. The molecule has 0 aliphatic heterocycles. The predicted molar refractivity (Wildman–Crippen MR) is 49.2 cm³/mol. The van der Waals surface area contributed by atoms with E-state index in [0.29, 0.717) is 0 Å². The summed E-state index contributed by atoms with van der Waals surface area (Å²) in [5.74, 6) is 0. The van der Waals surface area contributed by atoms with Crippen LogP contribution in [0.25, 0.3) is 0 Å². The summed E-state index contributed by atoms with van der Waals surface area (Å²) in [6.45, 7) is 11.0. The van der Waals surface area contributed by atoms with Crippen LogP contribution in [0.4, 0.5) is 0 Å². The van der Waals surface area contributed by atoms with Gasteiger partial charge in [-0.05, 0) is 0 Å². The molecule has 9 heavy (non-hydrogen) atoms. The number of halogens is 2. The largest absolute Gasteiger partial charge is 0.344 e. The zero-order valence-corrected chi connectivity index (χ0v) is 10.8. The van der Waals surface area contributed by atoms with E-state index in [1.54, 1.807) is 0 Å². The molecule has 58 valence electrons. The normalized spacial score (nSPS) is 5.56. The molecule has 0 unspecified atom stereocenters. The maximum absolute atomic E-state index is 3.49. The summed E-state index contributed by atoms with van der Waals surface area (Å²) < 4.78 is 0. The molecule has 0 radical (unpaired) electrons. The zero-order valence-electron chi connectivity index (χ0n) is 6.08. The topological polar surface area (TPSA) is 0 Å². The van der Waals surface area contributed by atoms with Crippen molar-refractivity contribution in [2.45, 2.75) is 26.7 Å². The van der Waals surface area contributed by atoms with Crippen molar-refractivity contribution >= 4 is 26.3 Å². The van der Waals surface area contributed by atoms with Crippen LogP contribution in [0, 0.1) is 13.8 Å². The summed E-state index contributed by atoms with van der Waals surface area (Å²) in [6, 6.07) is 0. The molecule has 0 fully saturated rings. The van der Waals surface area contributed by atoms with Crippen LogP contribution in [0.1, 0.15) is 26.7 Å². The molecule has 0 rings (SSSR count). The number of hydrogen-bond acceptors (Lipinski definition) is 0. The Morgan fingerprint density at radius 1 is 1.11 bits per heavy atom. The predicted octanol–water partition coefficient (Wildman–Crippen LogP) is 4.15. The Balaban J connectivity index is -0.0000000600. The van der Waals surface area contributed by atoms with Crippen LogP contribution in [0.15, 0.2) is 0 Å². The van der Waals surface area contributed by atoms with Crippen molar-refractivity contribution in [1.82, 2.24) is 0 Å². The molecular weight excluding hydrogens is 280 g/mol. The molecule has 0 aliphatic rings. The molecular formula is C6H14Br2Ti-2. The molecule has 3 heteroatoms. The average Bonchev–Trinajstić information content (AvgIpc) is 1.70. The summed E-state index contributed by atoms with van der Waals surface area (Å²) in [5, 5.41) is 0. The van der Waals surface area contributed by atoms with Gasteiger partial charge >= 0.3 is 41.3 Å². The molecule has 0 saturated heterocycles. The van der Waals surface area contributed by atoms with Gasteiger partial charge < -0.3 is 13.8 Å². The Hall–Kier alpha value is 1.67. The van der Waals surface area contributed by atoms with Crippen LogP contribution in [0.5, 0.6) is 0 Å². The Morgan fingerprint density at radius 2 is 1.11 bits per heavy atom. The van der Waals surface area contributed by atoms with E-state index in [4.69, 9.17) is 0 Å². The van der Waals surface area contributed by atoms with Gasteiger partial charge in [0.25, 0.3) is 0 Å². The fourth-order valence-corrected chi connectivity index (χ4v) is 0. The summed E-state index contributed by atoms with van der Waals surface area (Å²) in [5.41, 5.74) is 0. The van der Waals surface area contributed by atoms with Gasteiger partial charge in [-0.2, -0.15) is 12.8 Å². The maximum Gasteiger partial charge on any atom is -0.0927 e. The summed E-state index contributed by atoms with van der Waals surface area (Å²) in [6.07, 6.45) is 2.00. The third kappa shape index (κ3) is 203. The van der Waals surface area contributed by atoms with Gasteiger partial charge in [-0.15, -0.1) is 0 Å². The molecule has 0 aromatic heterocycles. The minimum absolute atomic E-state index is 0.125. The minimum atomic E-state index is 0.125. The van der Waals surface area contributed by atoms with Crippen LogP contribution in [0.3, 0.4) is 0 Å². The van der Waals surface area contributed by atoms with Crippen LogP contribution in [0.2, 0.25) is 0 Å². The smallest absolute Gasteiger partial charge is 0.0927 e. The monoisotopic (exact) mass is 292 g/mol. The van der Waals surface area contributed by atoms with Gasteiger partial charge in [-0.1, -0.05) is 13.8 Å². The summed E-state index contributed by atoms with van der Waals surface area (Å²) in [4.78, 5) is 0. The number of rotatable bonds is 0. The van der Waals surface area contributed by atoms with Crippen molar-refractivity contribution in [1.29, 1.82) is 0 Å². The number of hydrogen-bond donors (Lipinski definition) is 0. The van der Waals surface area contributed by atoms with E-state index in [1.165, 1.54) is 0 Å². The molecule has 0 aromatic rings. The Labute approximate surface area is 81.2 Å². The molecule has 0 atom stereocenters. The molecule has 0 aromatic carbocycles. The molecule has 0 heterocycles. The first-order chi connectivity index (χ1) is 4.24. The van der Waals surface area contributed by atoms with Crippen molar-refractivity contribution in [3.63, 3.8) is 0 Å². The molecule has 0 amide bonds. The van der Waals surface area contributed by atoms with Gasteiger partial charge in [0.2, 0.25) is 0 Å². The van der Waals surface area contributed by atoms with Crippen molar-refractivity contribution < 1.29 is 15.0 Å². The fraction of sp³-hybridized carbons (Fsp3) is 0.667. The zero-order chi connectivity index (χ0) is 8.12. The van der Waals surface area contributed by atoms with Crippen LogP contribution in [-0.4, -0.2) is 0 Å². The van der Waals surface area contributed by atoms with E-state index in [2.05, 4.69) is 40.2 Å². The molecule has 0 aliphatic carbocycles. The van der Waals surface area contributed by atoms with Gasteiger partial charge in [0, 0.05) is 0 Å². The van der Waals surface area contributed by atoms with Crippen molar-refractivity contribution in [2.24, 2.45) is 0 Å². The van der Waals surface area contributed by atoms with E-state index >= 15 is 0 Å². The second-order valence-electron chi connectivity index (χ2n) is 1.07. The Morgan fingerprint density at radius 3 is 1.11 bits per heavy atom. The maximum atomic E-state index is 3.49. The first-order valence-corrected chi connectivity index (χ1v) is 10.5. The van der Waals surface area contributed by atoms with Crippen molar-refractivity contribution in [2.75, 3.05) is 0 Å². The van der Waals surface area contributed by atoms with E-state index in [0.717, 1.165) is 12.8 Å². The molecule has 0 bridgehead atoms. The SMILES string of the molecule is [Br][Ti][Br].[CH2-]CC.[CH2-]CC. The molecule has 0 saturated carbocycles. The molecule has 0 N–H and O–H groups in total. The van der Waals surface area contributed by atoms with Crippen molar-refractivity contribution in [3.8, 4) is 0 Å². The van der Waals surface area contributed by atoms with E-state index < -0.39 is 0 Å². The van der Waals surface area contributed by atoms with Gasteiger partial charge in [-0.3, -0.25) is 0 Å². The van der Waals surface area contributed by atoms with E-state index in [9.17, 15) is 0 Å². The Bertz CT molecular complexity index is 15.8. The van der Waals surface area contributed by atoms with E-state index in [1.807, 2.05) is 13.8 Å².